The number of hydrogen-bond donors (Lipinski definition) is 1. The molecule has 1 unspecified atom stereocenters. The van der Waals surface area contributed by atoms with Gasteiger partial charge < -0.3 is 9.47 Å². The van der Waals surface area contributed by atoms with E-state index in [2.05, 4.69) is 14.7 Å². The van der Waals surface area contributed by atoms with Gasteiger partial charge in [-0.05, 0) is 42.3 Å². The first-order valence-corrected chi connectivity index (χ1v) is 9.21. The topological polar surface area (TPSA) is 113 Å². The molecule has 1 N–H and O–H groups in total. The smallest absolute Gasteiger partial charge is 0.241 e. The molecule has 0 saturated carbocycles. The van der Waals surface area contributed by atoms with E-state index >= 15 is 0 Å². The minimum atomic E-state index is -3.80. The van der Waals surface area contributed by atoms with Crippen LogP contribution in [0.15, 0.2) is 52.5 Å². The Morgan fingerprint density at radius 2 is 1.77 bits per heavy atom. The summed E-state index contributed by atoms with van der Waals surface area (Å²) in [4.78, 5) is 2.86. The molecule has 0 aromatic heterocycles. The molecule has 2 aromatic carbocycles. The average Bonchev–Trinajstić information content (AvgIpc) is 2.64. The molecule has 0 radical (unpaired) electrons. The fourth-order valence-corrected chi connectivity index (χ4v) is 3.59. The zero-order valence-corrected chi connectivity index (χ0v) is 15.5. The van der Waals surface area contributed by atoms with Crippen LogP contribution in [0.4, 0.5) is 0 Å². The van der Waals surface area contributed by atoms with E-state index in [9.17, 15) is 8.42 Å². The van der Waals surface area contributed by atoms with Gasteiger partial charge in [-0.15, -0.1) is 0 Å². The number of nitrogens with one attached hydrogen (secondary N) is 1. The Labute approximate surface area is 152 Å². The molecule has 2 aromatic rings. The molecule has 8 nitrogen and oxygen atoms in total. The third-order valence-electron chi connectivity index (χ3n) is 3.77. The highest BCUT2D eigenvalue weighted by molar-refractivity contribution is 7.89. The highest BCUT2D eigenvalue weighted by atomic mass is 32.2. The van der Waals surface area contributed by atoms with Crippen LogP contribution in [0.5, 0.6) is 11.5 Å². The molecular formula is C17H20N4O4S. The van der Waals surface area contributed by atoms with Crippen LogP contribution in [0.25, 0.3) is 10.4 Å². The number of rotatable bonds is 8. The number of hydrogen-bond acceptors (Lipinski definition) is 5. The van der Waals surface area contributed by atoms with E-state index in [-0.39, 0.29) is 11.4 Å². The minimum Gasteiger partial charge on any atom is -0.493 e. The average molecular weight is 376 g/mol. The largest absolute Gasteiger partial charge is 0.493 e. The van der Waals surface area contributed by atoms with Gasteiger partial charge in [0, 0.05) is 11.5 Å². The van der Waals surface area contributed by atoms with Crippen molar-refractivity contribution in [3.63, 3.8) is 0 Å². The number of azide groups is 1. The van der Waals surface area contributed by atoms with Gasteiger partial charge in [-0.3, -0.25) is 0 Å². The monoisotopic (exact) mass is 376 g/mol. The van der Waals surface area contributed by atoms with E-state index in [0.717, 1.165) is 5.56 Å². The van der Waals surface area contributed by atoms with Crippen LogP contribution < -0.4 is 14.2 Å². The van der Waals surface area contributed by atoms with E-state index < -0.39 is 16.1 Å². The molecule has 138 valence electrons. The van der Waals surface area contributed by atoms with Gasteiger partial charge in [0.25, 0.3) is 0 Å². The molecular weight excluding hydrogens is 356 g/mol. The molecule has 1 atom stereocenters. The molecule has 0 aliphatic rings. The lowest BCUT2D eigenvalue weighted by Crippen LogP contribution is -2.30. The standard InChI is InChI=1S/C17H20N4O4S/c1-12-4-7-14(8-5-12)26(22,23)20-15(11-19-21-18)13-6-9-16(24-2)17(10-13)25-3/h4-10,15,20H,11H2,1-3H3. The number of sulfonamides is 1. The minimum absolute atomic E-state index is 0.0862. The van der Waals surface area contributed by atoms with E-state index in [1.165, 1.54) is 26.4 Å². The summed E-state index contributed by atoms with van der Waals surface area (Å²) >= 11 is 0. The van der Waals surface area contributed by atoms with Crippen molar-refractivity contribution in [3.05, 3.63) is 64.0 Å². The van der Waals surface area contributed by atoms with Gasteiger partial charge in [-0.25, -0.2) is 13.1 Å². The quantitative estimate of drug-likeness (QED) is 0.432. The number of aryl methyl sites for hydroxylation is 1. The second-order valence-electron chi connectivity index (χ2n) is 5.51. The number of ether oxygens (including phenoxy) is 2. The summed E-state index contributed by atoms with van der Waals surface area (Å²) < 4.78 is 38.4. The fourth-order valence-electron chi connectivity index (χ4n) is 2.37. The summed E-state index contributed by atoms with van der Waals surface area (Å²) in [6.07, 6.45) is 0. The van der Waals surface area contributed by atoms with Crippen LogP contribution in [0.3, 0.4) is 0 Å². The van der Waals surface area contributed by atoms with Gasteiger partial charge in [0.15, 0.2) is 11.5 Å². The van der Waals surface area contributed by atoms with Crippen molar-refractivity contribution in [3.8, 4) is 11.5 Å². The molecule has 0 heterocycles. The second kappa shape index (κ2) is 8.57. The Kier molecular flexibility index (Phi) is 6.46. The second-order valence-corrected chi connectivity index (χ2v) is 7.23. The SMILES string of the molecule is COc1ccc(C(CN=[N+]=[N-])NS(=O)(=O)c2ccc(C)cc2)cc1OC. The molecule has 0 aliphatic carbocycles. The van der Waals surface area contributed by atoms with Crippen LogP contribution in [-0.4, -0.2) is 29.2 Å². The zero-order valence-electron chi connectivity index (χ0n) is 14.7. The van der Waals surface area contributed by atoms with Crippen molar-refractivity contribution in [2.75, 3.05) is 20.8 Å². The summed E-state index contributed by atoms with van der Waals surface area (Å²) in [5.74, 6) is 0.964. The van der Waals surface area contributed by atoms with E-state index in [1.807, 2.05) is 6.92 Å². The Hall–Kier alpha value is -2.74. The molecule has 0 spiro atoms. The molecule has 0 fully saturated rings. The van der Waals surface area contributed by atoms with E-state index in [1.54, 1.807) is 30.3 Å². The first-order valence-electron chi connectivity index (χ1n) is 7.73. The van der Waals surface area contributed by atoms with Crippen molar-refractivity contribution in [1.82, 2.24) is 4.72 Å². The lowest BCUT2D eigenvalue weighted by molar-refractivity contribution is 0.354. The van der Waals surface area contributed by atoms with Crippen molar-refractivity contribution < 1.29 is 17.9 Å². The van der Waals surface area contributed by atoms with Crippen LogP contribution in [0, 0.1) is 6.92 Å². The lowest BCUT2D eigenvalue weighted by Gasteiger charge is -2.19. The highest BCUT2D eigenvalue weighted by Gasteiger charge is 2.22. The molecule has 0 amide bonds. The Bertz CT molecular complexity index is 907. The lowest BCUT2D eigenvalue weighted by atomic mass is 10.1. The van der Waals surface area contributed by atoms with Gasteiger partial charge >= 0.3 is 0 Å². The van der Waals surface area contributed by atoms with Gasteiger partial charge in [0.1, 0.15) is 0 Å². The first kappa shape index (κ1) is 19.6. The van der Waals surface area contributed by atoms with Gasteiger partial charge in [-0.2, -0.15) is 0 Å². The molecule has 0 saturated heterocycles. The van der Waals surface area contributed by atoms with Gasteiger partial charge in [0.05, 0.1) is 25.2 Å². The summed E-state index contributed by atoms with van der Waals surface area (Å²) in [6.45, 7) is 1.79. The number of methoxy groups -OCH3 is 2. The van der Waals surface area contributed by atoms with Gasteiger partial charge in [-0.1, -0.05) is 28.9 Å². The number of nitrogens with zero attached hydrogens (tertiary/aromatic N) is 3. The molecule has 0 bridgehead atoms. The third-order valence-corrected chi connectivity index (χ3v) is 5.25. The van der Waals surface area contributed by atoms with Crippen molar-refractivity contribution >= 4 is 10.0 Å². The van der Waals surface area contributed by atoms with Crippen molar-refractivity contribution in [1.29, 1.82) is 0 Å². The van der Waals surface area contributed by atoms with Crippen LogP contribution >= 0.6 is 0 Å². The predicted octanol–water partition coefficient (Wildman–Crippen LogP) is 3.34. The van der Waals surface area contributed by atoms with Crippen molar-refractivity contribution in [2.24, 2.45) is 5.11 Å². The highest BCUT2D eigenvalue weighted by Crippen LogP contribution is 2.30. The maximum absolute atomic E-state index is 12.7. The van der Waals surface area contributed by atoms with E-state index in [4.69, 9.17) is 15.0 Å². The summed E-state index contributed by atoms with van der Waals surface area (Å²) in [6, 6.07) is 10.7. The first-order chi connectivity index (χ1) is 12.4. The molecule has 2 rings (SSSR count). The maximum Gasteiger partial charge on any atom is 0.241 e. The zero-order chi connectivity index (χ0) is 19.2. The van der Waals surface area contributed by atoms with Crippen LogP contribution in [0.1, 0.15) is 17.2 Å². The van der Waals surface area contributed by atoms with Crippen LogP contribution in [-0.2, 0) is 10.0 Å². The Morgan fingerprint density at radius 3 is 2.35 bits per heavy atom. The summed E-state index contributed by atoms with van der Waals surface area (Å²) in [5.41, 5.74) is 10.2. The summed E-state index contributed by atoms with van der Waals surface area (Å²) in [7, 11) is -0.800. The molecule has 0 aliphatic heterocycles. The molecule has 26 heavy (non-hydrogen) atoms. The predicted molar refractivity (Wildman–Crippen MR) is 97.8 cm³/mol. The van der Waals surface area contributed by atoms with Gasteiger partial charge in [0.2, 0.25) is 10.0 Å². The summed E-state index contributed by atoms with van der Waals surface area (Å²) in [5, 5.41) is 3.52. The normalized spacial score (nSPS) is 12.1. The Morgan fingerprint density at radius 1 is 1.12 bits per heavy atom. The Balaban J connectivity index is 2.38. The third kappa shape index (κ3) is 4.66. The molecule has 9 heteroatoms. The van der Waals surface area contributed by atoms with Crippen LogP contribution in [0.2, 0.25) is 0 Å². The fraction of sp³-hybridized carbons (Fsp3) is 0.294. The number of benzene rings is 2. The maximum atomic E-state index is 12.7. The van der Waals surface area contributed by atoms with Crippen molar-refractivity contribution in [2.45, 2.75) is 17.9 Å². The van der Waals surface area contributed by atoms with E-state index in [0.29, 0.717) is 17.1 Å².